The zero-order valence-corrected chi connectivity index (χ0v) is 10.3. The molecule has 0 bridgehead atoms. The number of rotatable bonds is 3. The smallest absolute Gasteiger partial charge is 0.428 e. The first-order chi connectivity index (χ1) is 7.26. The molecule has 0 rings (SSSR count). The van der Waals surface area contributed by atoms with E-state index in [0.717, 1.165) is 0 Å². The van der Waals surface area contributed by atoms with Gasteiger partial charge in [0.1, 0.15) is 11.3 Å². The summed E-state index contributed by atoms with van der Waals surface area (Å²) in [4.78, 5) is 22.2. The van der Waals surface area contributed by atoms with Crippen LogP contribution in [0, 0.1) is 0 Å². The van der Waals surface area contributed by atoms with E-state index in [1.54, 1.807) is 27.7 Å². The Bertz CT molecular complexity index is 292. The van der Waals surface area contributed by atoms with Crippen LogP contribution in [0.2, 0.25) is 0 Å². The van der Waals surface area contributed by atoms with Crippen molar-refractivity contribution in [3.05, 3.63) is 0 Å². The summed E-state index contributed by atoms with van der Waals surface area (Å²) in [5.41, 5.74) is 1.57. The van der Waals surface area contributed by atoms with Gasteiger partial charge in [0.15, 0.2) is 0 Å². The molecule has 0 fully saturated rings. The highest BCUT2D eigenvalue weighted by Gasteiger charge is 2.16. The average molecular weight is 230 g/mol. The number of hydrogen-bond donors (Lipinski definition) is 1. The highest BCUT2D eigenvalue weighted by molar-refractivity contribution is 6.35. The topological polar surface area (TPSA) is 77.0 Å². The number of ether oxygens (including phenoxy) is 2. The average Bonchev–Trinajstić information content (AvgIpc) is 2.11. The molecule has 1 amide bonds. The van der Waals surface area contributed by atoms with E-state index in [1.165, 1.54) is 6.92 Å². The number of hydrazone groups is 1. The predicted octanol–water partition coefficient (Wildman–Crippen LogP) is 1.45. The third kappa shape index (κ3) is 6.80. The fourth-order valence-electron chi connectivity index (χ4n) is 0.712. The van der Waals surface area contributed by atoms with Crippen LogP contribution in [0.15, 0.2) is 5.10 Å². The van der Waals surface area contributed by atoms with E-state index < -0.39 is 17.7 Å². The number of nitrogens with zero attached hydrogens (tertiary/aromatic N) is 1. The lowest BCUT2D eigenvalue weighted by atomic mass is 10.2. The van der Waals surface area contributed by atoms with E-state index in [9.17, 15) is 9.59 Å². The van der Waals surface area contributed by atoms with Crippen molar-refractivity contribution in [2.45, 2.75) is 40.2 Å². The fraction of sp³-hybridized carbons (Fsp3) is 0.700. The molecule has 0 heterocycles. The van der Waals surface area contributed by atoms with Crippen LogP contribution in [0.5, 0.6) is 0 Å². The Balaban J connectivity index is 4.17. The minimum absolute atomic E-state index is 0.0627. The first-order valence-electron chi connectivity index (χ1n) is 4.96. The van der Waals surface area contributed by atoms with Gasteiger partial charge in [0.2, 0.25) is 0 Å². The molecule has 0 radical (unpaired) electrons. The van der Waals surface area contributed by atoms with Crippen LogP contribution in [0.4, 0.5) is 4.79 Å². The number of carbonyl (C=O) groups is 2. The maximum absolute atomic E-state index is 11.2. The van der Waals surface area contributed by atoms with E-state index in [4.69, 9.17) is 4.74 Å². The van der Waals surface area contributed by atoms with Crippen molar-refractivity contribution >= 4 is 17.8 Å². The van der Waals surface area contributed by atoms with Crippen LogP contribution in [0.25, 0.3) is 0 Å². The van der Waals surface area contributed by atoms with Crippen molar-refractivity contribution in [2.75, 3.05) is 6.61 Å². The zero-order valence-electron chi connectivity index (χ0n) is 10.3. The van der Waals surface area contributed by atoms with Crippen molar-refractivity contribution in [2.24, 2.45) is 5.10 Å². The lowest BCUT2D eigenvalue weighted by molar-refractivity contribution is -0.135. The Hall–Kier alpha value is -1.59. The third-order valence-electron chi connectivity index (χ3n) is 1.28. The van der Waals surface area contributed by atoms with Gasteiger partial charge in [-0.15, -0.1) is 0 Å². The lowest BCUT2D eigenvalue weighted by Crippen LogP contribution is -2.31. The van der Waals surface area contributed by atoms with Gasteiger partial charge in [-0.1, -0.05) is 0 Å². The molecule has 0 aromatic heterocycles. The van der Waals surface area contributed by atoms with Crippen LogP contribution in [0.3, 0.4) is 0 Å². The maximum Gasteiger partial charge on any atom is 0.428 e. The van der Waals surface area contributed by atoms with Crippen LogP contribution >= 0.6 is 0 Å². The van der Waals surface area contributed by atoms with Gasteiger partial charge < -0.3 is 9.47 Å². The Kier molecular flexibility index (Phi) is 5.49. The van der Waals surface area contributed by atoms with E-state index in [1.807, 2.05) is 0 Å². The van der Waals surface area contributed by atoms with Crippen LogP contribution in [-0.4, -0.2) is 30.0 Å². The number of esters is 1. The molecule has 0 aliphatic rings. The molecule has 0 saturated carbocycles. The minimum Gasteiger partial charge on any atom is -0.461 e. The molecule has 6 nitrogen and oxygen atoms in total. The first-order valence-corrected chi connectivity index (χ1v) is 4.96. The maximum atomic E-state index is 11.2. The van der Waals surface area contributed by atoms with Crippen molar-refractivity contribution in [1.29, 1.82) is 0 Å². The molecular formula is C10H18N2O4. The van der Waals surface area contributed by atoms with Crippen molar-refractivity contribution in [1.82, 2.24) is 5.43 Å². The standard InChI is InChI=1S/C10H18N2O4/c1-6-15-8(13)7(2)11-12-9(14)16-10(3,4)5/h6H2,1-5H3,(H,12,14)/b11-7+. The van der Waals surface area contributed by atoms with Crippen molar-refractivity contribution < 1.29 is 19.1 Å². The summed E-state index contributed by atoms with van der Waals surface area (Å²) in [5.74, 6) is -0.571. The molecule has 0 spiro atoms. The molecule has 16 heavy (non-hydrogen) atoms. The molecule has 0 aliphatic carbocycles. The number of hydrogen-bond acceptors (Lipinski definition) is 5. The zero-order chi connectivity index (χ0) is 12.8. The Morgan fingerprint density at radius 2 is 1.88 bits per heavy atom. The largest absolute Gasteiger partial charge is 0.461 e. The summed E-state index contributed by atoms with van der Waals surface area (Å²) >= 11 is 0. The molecule has 0 aromatic carbocycles. The number of amides is 1. The summed E-state index contributed by atoms with van der Waals surface area (Å²) < 4.78 is 9.59. The summed E-state index contributed by atoms with van der Waals surface area (Å²) in [5, 5.41) is 3.54. The normalized spacial score (nSPS) is 11.9. The number of nitrogens with one attached hydrogen (secondary N) is 1. The fourth-order valence-corrected chi connectivity index (χ4v) is 0.712. The van der Waals surface area contributed by atoms with Crippen LogP contribution in [0.1, 0.15) is 34.6 Å². The van der Waals surface area contributed by atoms with Crippen molar-refractivity contribution in [3.8, 4) is 0 Å². The SMILES string of the molecule is CCOC(=O)/C(C)=N/NC(=O)OC(C)(C)C. The second-order valence-corrected chi connectivity index (χ2v) is 4.03. The Morgan fingerprint density at radius 1 is 1.31 bits per heavy atom. The quantitative estimate of drug-likeness (QED) is 0.452. The first kappa shape index (κ1) is 14.4. The highest BCUT2D eigenvalue weighted by Crippen LogP contribution is 2.06. The molecular weight excluding hydrogens is 212 g/mol. The van der Waals surface area contributed by atoms with Crippen molar-refractivity contribution in [3.63, 3.8) is 0 Å². The molecule has 92 valence electrons. The highest BCUT2D eigenvalue weighted by atomic mass is 16.6. The van der Waals surface area contributed by atoms with Gasteiger partial charge in [-0.25, -0.2) is 15.0 Å². The molecule has 0 saturated heterocycles. The molecule has 0 atom stereocenters. The monoisotopic (exact) mass is 230 g/mol. The molecule has 1 N–H and O–H groups in total. The summed E-state index contributed by atoms with van der Waals surface area (Å²) in [6.45, 7) is 8.58. The van der Waals surface area contributed by atoms with Gasteiger partial charge in [0.05, 0.1) is 6.61 Å². The van der Waals surface area contributed by atoms with Gasteiger partial charge in [0, 0.05) is 0 Å². The second-order valence-electron chi connectivity index (χ2n) is 4.03. The van der Waals surface area contributed by atoms with Gasteiger partial charge in [-0.3, -0.25) is 0 Å². The molecule has 6 heteroatoms. The van der Waals surface area contributed by atoms with E-state index in [-0.39, 0.29) is 12.3 Å². The second kappa shape index (κ2) is 6.09. The predicted molar refractivity (Wildman–Crippen MR) is 59.1 cm³/mol. The number of carbonyl (C=O) groups excluding carboxylic acids is 2. The summed E-state index contributed by atoms with van der Waals surface area (Å²) in [7, 11) is 0. The molecule has 0 aliphatic heterocycles. The molecule has 0 aromatic rings. The molecule has 0 unspecified atom stereocenters. The van der Waals surface area contributed by atoms with Crippen LogP contribution < -0.4 is 5.43 Å². The van der Waals surface area contributed by atoms with Gasteiger partial charge in [0.25, 0.3) is 0 Å². The van der Waals surface area contributed by atoms with E-state index >= 15 is 0 Å². The van der Waals surface area contributed by atoms with Gasteiger partial charge in [-0.2, -0.15) is 5.10 Å². The Morgan fingerprint density at radius 3 is 2.31 bits per heavy atom. The third-order valence-corrected chi connectivity index (χ3v) is 1.28. The lowest BCUT2D eigenvalue weighted by Gasteiger charge is -2.18. The van der Waals surface area contributed by atoms with E-state index in [0.29, 0.717) is 0 Å². The summed E-state index contributed by atoms with van der Waals surface area (Å²) in [6, 6.07) is 0. The van der Waals surface area contributed by atoms with Crippen LogP contribution in [-0.2, 0) is 14.3 Å². The van der Waals surface area contributed by atoms with Gasteiger partial charge in [-0.05, 0) is 34.6 Å². The Labute approximate surface area is 95.0 Å². The van der Waals surface area contributed by atoms with E-state index in [2.05, 4.69) is 15.3 Å². The minimum atomic E-state index is -0.712. The van der Waals surface area contributed by atoms with Gasteiger partial charge >= 0.3 is 12.1 Å². The summed E-state index contributed by atoms with van der Waals surface area (Å²) in [6.07, 6.45) is -0.712.